The van der Waals surface area contributed by atoms with Gasteiger partial charge in [0.05, 0.1) is 23.8 Å². The zero-order valence-electron chi connectivity index (χ0n) is 11.9. The van der Waals surface area contributed by atoms with E-state index in [-0.39, 0.29) is 5.91 Å². The van der Waals surface area contributed by atoms with Crippen LogP contribution in [-0.4, -0.2) is 38.8 Å². The van der Waals surface area contributed by atoms with Crippen LogP contribution in [-0.2, 0) is 16.6 Å². The quantitative estimate of drug-likeness (QED) is 0.905. The van der Waals surface area contributed by atoms with E-state index >= 15 is 0 Å². The molecule has 2 heterocycles. The van der Waals surface area contributed by atoms with Crippen LogP contribution in [0.15, 0.2) is 12.4 Å². The third-order valence-electron chi connectivity index (χ3n) is 2.73. The smallest absolute Gasteiger partial charge is 0.234 e. The lowest BCUT2D eigenvalue weighted by Gasteiger charge is -2.21. The Balaban J connectivity index is 2.08. The Morgan fingerprint density at radius 3 is 2.90 bits per heavy atom. The molecule has 2 rings (SSSR count). The summed E-state index contributed by atoms with van der Waals surface area (Å²) in [5, 5.41) is 7.30. The average molecular weight is 295 g/mol. The molecule has 0 atom stereocenters. The third kappa shape index (κ3) is 3.20. The van der Waals surface area contributed by atoms with Gasteiger partial charge in [-0.05, 0) is 13.8 Å². The number of ether oxygens (including phenoxy) is 1. The molecule has 0 aromatic carbocycles. The van der Waals surface area contributed by atoms with Crippen LogP contribution >= 0.6 is 11.5 Å². The van der Waals surface area contributed by atoms with Gasteiger partial charge in [-0.3, -0.25) is 9.48 Å². The summed E-state index contributed by atoms with van der Waals surface area (Å²) < 4.78 is 10.9. The molecule has 8 heteroatoms. The first kappa shape index (κ1) is 14.6. The molecule has 0 aliphatic heterocycles. The topological polar surface area (TPSA) is 81.9 Å². The maximum Gasteiger partial charge on any atom is 0.234 e. The zero-order valence-corrected chi connectivity index (χ0v) is 12.7. The van der Waals surface area contributed by atoms with E-state index in [0.717, 1.165) is 17.1 Å². The van der Waals surface area contributed by atoms with Crippen molar-refractivity contribution in [2.75, 3.05) is 19.0 Å². The number of carbonyl (C=O) groups is 1. The second kappa shape index (κ2) is 5.68. The number of hydrogen-bond acceptors (Lipinski definition) is 6. The number of carbonyl (C=O) groups excluding carboxylic acids is 1. The predicted octanol–water partition coefficient (Wildman–Crippen LogP) is 1.55. The lowest BCUT2D eigenvalue weighted by molar-refractivity contribution is -0.126. The van der Waals surface area contributed by atoms with E-state index in [9.17, 15) is 4.79 Å². The highest BCUT2D eigenvalue weighted by atomic mass is 32.1. The number of aryl methyl sites for hydroxylation is 1. The van der Waals surface area contributed by atoms with Crippen molar-refractivity contribution in [2.24, 2.45) is 12.5 Å². The SMILES string of the molecule is COCC(C)(C)C(=O)Nc1nc(-c2cnn(C)c2)ns1. The standard InChI is InChI=1S/C12H17N5O2S/c1-12(2,7-19-4)10(18)15-11-14-9(16-20-11)8-5-13-17(3)6-8/h5-6H,7H2,1-4H3,(H,14,15,16,18). The van der Waals surface area contributed by atoms with E-state index in [1.807, 2.05) is 27.1 Å². The zero-order chi connectivity index (χ0) is 14.8. The van der Waals surface area contributed by atoms with Crippen molar-refractivity contribution < 1.29 is 9.53 Å². The van der Waals surface area contributed by atoms with Gasteiger partial charge in [0.1, 0.15) is 0 Å². The summed E-state index contributed by atoms with van der Waals surface area (Å²) in [6.45, 7) is 3.97. The average Bonchev–Trinajstić information content (AvgIpc) is 2.98. The molecule has 1 amide bonds. The summed E-state index contributed by atoms with van der Waals surface area (Å²) in [7, 11) is 3.40. The van der Waals surface area contributed by atoms with Crippen molar-refractivity contribution in [1.29, 1.82) is 0 Å². The molecule has 0 aliphatic carbocycles. The van der Waals surface area contributed by atoms with Crippen LogP contribution < -0.4 is 5.32 Å². The summed E-state index contributed by atoms with van der Waals surface area (Å²) in [5.41, 5.74) is 0.204. The van der Waals surface area contributed by atoms with Crippen LogP contribution in [0.25, 0.3) is 11.4 Å². The summed E-state index contributed by atoms with van der Waals surface area (Å²) >= 11 is 1.15. The van der Waals surface area contributed by atoms with Crippen molar-refractivity contribution >= 4 is 22.6 Å². The number of methoxy groups -OCH3 is 1. The number of amides is 1. The Labute approximate surface area is 121 Å². The molecular weight excluding hydrogens is 278 g/mol. The second-order valence-corrected chi connectivity index (χ2v) is 5.85. The van der Waals surface area contributed by atoms with Gasteiger partial charge in [0, 0.05) is 31.9 Å². The number of rotatable bonds is 5. The van der Waals surface area contributed by atoms with E-state index in [4.69, 9.17) is 4.74 Å². The number of aromatic nitrogens is 4. The van der Waals surface area contributed by atoms with Gasteiger partial charge in [0.2, 0.25) is 11.0 Å². The minimum Gasteiger partial charge on any atom is -0.384 e. The fourth-order valence-corrected chi connectivity index (χ4v) is 2.21. The molecule has 2 aromatic heterocycles. The number of hydrogen-bond donors (Lipinski definition) is 1. The molecule has 0 saturated carbocycles. The molecule has 2 aromatic rings. The molecule has 0 aliphatic rings. The van der Waals surface area contributed by atoms with Gasteiger partial charge in [0.25, 0.3) is 0 Å². The second-order valence-electron chi connectivity index (χ2n) is 5.10. The maximum absolute atomic E-state index is 12.1. The van der Waals surface area contributed by atoms with Crippen molar-refractivity contribution in [1.82, 2.24) is 19.1 Å². The molecule has 0 saturated heterocycles. The molecule has 0 radical (unpaired) electrons. The first-order chi connectivity index (χ1) is 9.42. The summed E-state index contributed by atoms with van der Waals surface area (Å²) in [6, 6.07) is 0. The van der Waals surface area contributed by atoms with Crippen LogP contribution in [0.3, 0.4) is 0 Å². The first-order valence-electron chi connectivity index (χ1n) is 6.05. The summed E-state index contributed by atoms with van der Waals surface area (Å²) in [4.78, 5) is 16.4. The van der Waals surface area contributed by atoms with Gasteiger partial charge >= 0.3 is 0 Å². The van der Waals surface area contributed by atoms with Crippen LogP contribution in [0, 0.1) is 5.41 Å². The van der Waals surface area contributed by atoms with Gasteiger partial charge in [-0.25, -0.2) is 0 Å². The van der Waals surface area contributed by atoms with E-state index in [1.54, 1.807) is 18.0 Å². The molecule has 108 valence electrons. The summed E-state index contributed by atoms with van der Waals surface area (Å²) in [5.74, 6) is 0.413. The third-order valence-corrected chi connectivity index (χ3v) is 3.36. The van der Waals surface area contributed by atoms with Crippen molar-refractivity contribution in [3.63, 3.8) is 0 Å². The Kier molecular flexibility index (Phi) is 4.15. The molecule has 1 N–H and O–H groups in total. The van der Waals surface area contributed by atoms with Crippen LogP contribution in [0.5, 0.6) is 0 Å². The maximum atomic E-state index is 12.1. The Bertz CT molecular complexity index is 605. The van der Waals surface area contributed by atoms with Crippen LogP contribution in [0.4, 0.5) is 5.13 Å². The molecule has 0 spiro atoms. The lowest BCUT2D eigenvalue weighted by Crippen LogP contribution is -2.34. The van der Waals surface area contributed by atoms with Crippen molar-refractivity contribution in [2.45, 2.75) is 13.8 Å². The monoisotopic (exact) mass is 295 g/mol. The van der Waals surface area contributed by atoms with Gasteiger partial charge < -0.3 is 10.1 Å². The van der Waals surface area contributed by atoms with Gasteiger partial charge in [-0.15, -0.1) is 0 Å². The highest BCUT2D eigenvalue weighted by Gasteiger charge is 2.28. The number of nitrogens with one attached hydrogen (secondary N) is 1. The minimum absolute atomic E-state index is 0.145. The van der Waals surface area contributed by atoms with E-state index in [2.05, 4.69) is 19.8 Å². The number of anilines is 1. The Hall–Kier alpha value is -1.80. The lowest BCUT2D eigenvalue weighted by atomic mass is 9.94. The molecule has 0 unspecified atom stereocenters. The van der Waals surface area contributed by atoms with Gasteiger partial charge in [0.15, 0.2) is 5.82 Å². The highest BCUT2D eigenvalue weighted by molar-refractivity contribution is 7.10. The number of nitrogens with zero attached hydrogens (tertiary/aromatic N) is 4. The fourth-order valence-electron chi connectivity index (χ4n) is 1.62. The van der Waals surface area contributed by atoms with Crippen molar-refractivity contribution in [3.05, 3.63) is 12.4 Å². The largest absolute Gasteiger partial charge is 0.384 e. The molecular formula is C12H17N5O2S. The highest BCUT2D eigenvalue weighted by Crippen LogP contribution is 2.23. The predicted molar refractivity (Wildman–Crippen MR) is 76.4 cm³/mol. The molecule has 20 heavy (non-hydrogen) atoms. The van der Waals surface area contributed by atoms with E-state index < -0.39 is 5.41 Å². The van der Waals surface area contributed by atoms with Crippen LogP contribution in [0.1, 0.15) is 13.8 Å². The molecule has 0 fully saturated rings. The molecule has 7 nitrogen and oxygen atoms in total. The normalized spacial score (nSPS) is 11.6. The summed E-state index contributed by atoms with van der Waals surface area (Å²) in [6.07, 6.45) is 3.50. The fraction of sp³-hybridized carbons (Fsp3) is 0.500. The molecule has 0 bridgehead atoms. The van der Waals surface area contributed by atoms with Gasteiger partial charge in [-0.2, -0.15) is 14.5 Å². The van der Waals surface area contributed by atoms with Gasteiger partial charge in [-0.1, -0.05) is 0 Å². The van der Waals surface area contributed by atoms with Crippen LogP contribution in [0.2, 0.25) is 0 Å². The Morgan fingerprint density at radius 1 is 1.55 bits per heavy atom. The minimum atomic E-state index is -0.616. The Morgan fingerprint density at radius 2 is 2.30 bits per heavy atom. The first-order valence-corrected chi connectivity index (χ1v) is 6.83. The van der Waals surface area contributed by atoms with Crippen molar-refractivity contribution in [3.8, 4) is 11.4 Å². The van der Waals surface area contributed by atoms with E-state index in [1.165, 1.54) is 0 Å². The van der Waals surface area contributed by atoms with E-state index in [0.29, 0.717) is 17.6 Å².